The molecule has 4 aromatic carbocycles. The molecule has 36 heavy (non-hydrogen) atoms. The molecule has 4 heteroatoms. The largest absolute Gasteiger partial charge is 0.492 e. The average Bonchev–Trinajstić information content (AvgIpc) is 2.94. The van der Waals surface area contributed by atoms with Gasteiger partial charge in [-0.3, -0.25) is 0 Å². The van der Waals surface area contributed by atoms with E-state index in [1.54, 1.807) is 0 Å². The number of halogens is 1. The zero-order valence-corrected chi connectivity index (χ0v) is 21.4. The zero-order chi connectivity index (χ0) is 25.0. The first-order valence-corrected chi connectivity index (χ1v) is 12.8. The fourth-order valence-electron chi connectivity index (χ4n) is 4.11. The van der Waals surface area contributed by atoms with E-state index in [0.717, 1.165) is 41.2 Å². The topological polar surface area (TPSA) is 30.5 Å². The van der Waals surface area contributed by atoms with Crippen LogP contribution in [0.4, 0.5) is 0 Å². The van der Waals surface area contributed by atoms with E-state index in [0.29, 0.717) is 19.1 Å². The van der Waals surface area contributed by atoms with Crippen LogP contribution >= 0.6 is 11.6 Å². The highest BCUT2D eigenvalue weighted by Crippen LogP contribution is 2.36. The first-order chi connectivity index (χ1) is 17.8. The Morgan fingerprint density at radius 1 is 0.667 bits per heavy atom. The summed E-state index contributed by atoms with van der Waals surface area (Å²) in [6, 6.07) is 37.3. The van der Waals surface area contributed by atoms with Gasteiger partial charge < -0.3 is 14.8 Å². The van der Waals surface area contributed by atoms with Crippen LogP contribution < -0.4 is 14.8 Å². The van der Waals surface area contributed by atoms with Crippen LogP contribution in [0.25, 0.3) is 11.1 Å². The molecule has 4 aromatic rings. The first kappa shape index (κ1) is 25.6. The maximum Gasteiger partial charge on any atom is 0.119 e. The van der Waals surface area contributed by atoms with Gasteiger partial charge >= 0.3 is 0 Å². The molecule has 0 saturated carbocycles. The molecule has 0 heterocycles. The smallest absolute Gasteiger partial charge is 0.119 e. The number of likely N-dealkylation sites (N-methyl/N-ethyl adjacent to an activating group) is 1. The highest BCUT2D eigenvalue weighted by molar-refractivity contribution is 6.18. The van der Waals surface area contributed by atoms with E-state index in [-0.39, 0.29) is 0 Å². The van der Waals surface area contributed by atoms with Gasteiger partial charge in [-0.25, -0.2) is 0 Å². The van der Waals surface area contributed by atoms with Crippen molar-refractivity contribution >= 4 is 22.7 Å². The summed E-state index contributed by atoms with van der Waals surface area (Å²) in [5, 5.41) is 3.10. The molecule has 0 atom stereocenters. The standard InChI is InChI=1S/C32H32ClNO2/c1-34-22-23-35-29-16-12-27(13-17-29)32(31(20-21-33)26-10-6-3-7-11-26)28-14-18-30(19-15-28)36-24-25-8-4-2-5-9-25/h2-19,34H,20-24H2,1H3/b32-31-. The van der Waals surface area contributed by atoms with Gasteiger partial charge in [0.25, 0.3) is 0 Å². The number of alkyl halides is 1. The van der Waals surface area contributed by atoms with Crippen molar-refractivity contribution in [2.24, 2.45) is 0 Å². The monoisotopic (exact) mass is 497 g/mol. The number of ether oxygens (including phenoxy) is 2. The fourth-order valence-corrected chi connectivity index (χ4v) is 4.30. The second kappa shape index (κ2) is 13.5. The summed E-state index contributed by atoms with van der Waals surface area (Å²) in [4.78, 5) is 0. The Labute approximate surface area is 219 Å². The van der Waals surface area contributed by atoms with Crippen molar-refractivity contribution in [3.8, 4) is 11.5 Å². The van der Waals surface area contributed by atoms with Crippen molar-refractivity contribution in [3.05, 3.63) is 131 Å². The Balaban J connectivity index is 1.67. The van der Waals surface area contributed by atoms with Gasteiger partial charge in [-0.05, 0) is 71.1 Å². The lowest BCUT2D eigenvalue weighted by molar-refractivity contribution is 0.306. The van der Waals surface area contributed by atoms with Gasteiger partial charge in [0.2, 0.25) is 0 Å². The average molecular weight is 498 g/mol. The van der Waals surface area contributed by atoms with Crippen molar-refractivity contribution < 1.29 is 9.47 Å². The normalized spacial score (nSPS) is 11.6. The number of rotatable bonds is 12. The zero-order valence-electron chi connectivity index (χ0n) is 20.6. The first-order valence-electron chi connectivity index (χ1n) is 12.3. The van der Waals surface area contributed by atoms with Crippen molar-refractivity contribution in [3.63, 3.8) is 0 Å². The van der Waals surface area contributed by atoms with Crippen LogP contribution in [-0.4, -0.2) is 26.1 Å². The number of hydrogen-bond donors (Lipinski definition) is 1. The number of benzene rings is 4. The summed E-state index contributed by atoms with van der Waals surface area (Å²) >= 11 is 6.31. The lowest BCUT2D eigenvalue weighted by Gasteiger charge is -2.18. The minimum atomic E-state index is 0.539. The quantitative estimate of drug-likeness (QED) is 0.125. The molecular formula is C32H32ClNO2. The molecule has 0 aliphatic heterocycles. The van der Waals surface area contributed by atoms with Crippen molar-refractivity contribution in [1.29, 1.82) is 0 Å². The third kappa shape index (κ3) is 7.00. The van der Waals surface area contributed by atoms with Crippen LogP contribution in [0, 0.1) is 0 Å². The molecule has 0 aromatic heterocycles. The van der Waals surface area contributed by atoms with Crippen LogP contribution in [-0.2, 0) is 6.61 Å². The van der Waals surface area contributed by atoms with Crippen molar-refractivity contribution in [1.82, 2.24) is 5.32 Å². The van der Waals surface area contributed by atoms with Crippen LogP contribution in [0.2, 0.25) is 0 Å². The minimum absolute atomic E-state index is 0.539. The second-order valence-electron chi connectivity index (χ2n) is 8.43. The van der Waals surface area contributed by atoms with Gasteiger partial charge in [0.05, 0.1) is 0 Å². The summed E-state index contributed by atoms with van der Waals surface area (Å²) in [7, 11) is 1.92. The second-order valence-corrected chi connectivity index (χ2v) is 8.81. The number of allylic oxidation sites excluding steroid dienone is 1. The molecule has 0 amide bonds. The molecule has 3 nitrogen and oxygen atoms in total. The molecule has 0 aliphatic carbocycles. The summed E-state index contributed by atoms with van der Waals surface area (Å²) in [5.74, 6) is 2.24. The van der Waals surface area contributed by atoms with E-state index in [4.69, 9.17) is 21.1 Å². The van der Waals surface area contributed by atoms with E-state index < -0.39 is 0 Å². The van der Waals surface area contributed by atoms with Crippen molar-refractivity contribution in [2.75, 3.05) is 26.1 Å². The Morgan fingerprint density at radius 2 is 1.22 bits per heavy atom. The van der Waals surface area contributed by atoms with E-state index in [1.807, 2.05) is 55.6 Å². The predicted molar refractivity (Wildman–Crippen MR) is 151 cm³/mol. The van der Waals surface area contributed by atoms with Crippen LogP contribution in [0.3, 0.4) is 0 Å². The predicted octanol–water partition coefficient (Wildman–Crippen LogP) is 7.45. The summed E-state index contributed by atoms with van der Waals surface area (Å²) in [5.41, 5.74) is 6.94. The molecular weight excluding hydrogens is 466 g/mol. The number of nitrogens with one attached hydrogen (secondary N) is 1. The molecule has 0 fully saturated rings. The Kier molecular flexibility index (Phi) is 9.61. The highest BCUT2D eigenvalue weighted by Gasteiger charge is 2.14. The van der Waals surface area contributed by atoms with Gasteiger partial charge in [0.1, 0.15) is 24.7 Å². The molecule has 0 bridgehead atoms. The SMILES string of the molecule is CNCCOc1ccc(/C(=C(\CCCl)c2ccccc2)c2ccc(OCc3ccccc3)cc2)cc1. The molecule has 0 saturated heterocycles. The fraction of sp³-hybridized carbons (Fsp3) is 0.188. The van der Waals surface area contributed by atoms with Crippen LogP contribution in [0.1, 0.15) is 28.7 Å². The molecule has 0 radical (unpaired) electrons. The molecule has 1 N–H and O–H groups in total. The maximum absolute atomic E-state index is 6.31. The van der Waals surface area contributed by atoms with Crippen LogP contribution in [0.5, 0.6) is 11.5 Å². The maximum atomic E-state index is 6.31. The molecule has 184 valence electrons. The van der Waals surface area contributed by atoms with Gasteiger partial charge in [-0.1, -0.05) is 84.9 Å². The lowest BCUT2D eigenvalue weighted by Crippen LogP contribution is -2.15. The number of hydrogen-bond acceptors (Lipinski definition) is 3. The summed E-state index contributed by atoms with van der Waals surface area (Å²) in [6.07, 6.45) is 0.758. The summed E-state index contributed by atoms with van der Waals surface area (Å²) < 4.78 is 11.9. The van der Waals surface area contributed by atoms with Crippen LogP contribution in [0.15, 0.2) is 109 Å². The third-order valence-electron chi connectivity index (χ3n) is 5.92. The minimum Gasteiger partial charge on any atom is -0.492 e. The molecule has 0 aliphatic rings. The van der Waals surface area contributed by atoms with E-state index in [2.05, 4.69) is 66.0 Å². The Hall–Kier alpha value is -3.53. The van der Waals surface area contributed by atoms with E-state index in [9.17, 15) is 0 Å². The van der Waals surface area contributed by atoms with Gasteiger partial charge in [0, 0.05) is 12.4 Å². The Bertz CT molecular complexity index is 1220. The lowest BCUT2D eigenvalue weighted by atomic mass is 9.88. The van der Waals surface area contributed by atoms with Gasteiger partial charge in [0.15, 0.2) is 0 Å². The summed E-state index contributed by atoms with van der Waals surface area (Å²) in [6.45, 7) is 1.98. The van der Waals surface area contributed by atoms with E-state index >= 15 is 0 Å². The van der Waals surface area contributed by atoms with Crippen molar-refractivity contribution in [2.45, 2.75) is 13.0 Å². The van der Waals surface area contributed by atoms with E-state index in [1.165, 1.54) is 16.7 Å². The Morgan fingerprint density at radius 3 is 1.78 bits per heavy atom. The molecule has 0 unspecified atom stereocenters. The van der Waals surface area contributed by atoms with Gasteiger partial charge in [-0.15, -0.1) is 11.6 Å². The third-order valence-corrected chi connectivity index (χ3v) is 6.11. The molecule has 0 spiro atoms. The van der Waals surface area contributed by atoms with Gasteiger partial charge in [-0.2, -0.15) is 0 Å². The highest BCUT2D eigenvalue weighted by atomic mass is 35.5. The molecule has 4 rings (SSSR count).